The minimum Gasteiger partial charge on any atom is -0.0651 e. The van der Waals surface area contributed by atoms with Gasteiger partial charge >= 0.3 is 0 Å². The van der Waals surface area contributed by atoms with Gasteiger partial charge in [-0.15, -0.1) is 0 Å². The lowest BCUT2D eigenvalue weighted by molar-refractivity contribution is 0.887. The van der Waals surface area contributed by atoms with E-state index in [9.17, 15) is 0 Å². The molecule has 1 aromatic carbocycles. The molecule has 0 fully saturated rings. The molecule has 0 aliphatic carbocycles. The Labute approximate surface area is 82.0 Å². The molecule has 0 heterocycles. The minimum atomic E-state index is 0.400. The Morgan fingerprint density at radius 2 is 2.08 bits per heavy atom. The normalized spacial score (nSPS) is 10.8. The van der Waals surface area contributed by atoms with Crippen LogP contribution in [0.15, 0.2) is 18.2 Å². The summed E-state index contributed by atoms with van der Waals surface area (Å²) in [5.41, 5.74) is 4.31. The molecule has 1 rings (SSSR count). The summed E-state index contributed by atoms with van der Waals surface area (Å²) in [4.78, 5) is 0. The first-order valence-electron chi connectivity index (χ1n) is 5.08. The molecule has 0 nitrogen and oxygen atoms in total. The van der Waals surface area contributed by atoms with Crippen molar-refractivity contribution in [2.75, 3.05) is 0 Å². The quantitative estimate of drug-likeness (QED) is 0.654. The van der Waals surface area contributed by atoms with Gasteiger partial charge in [-0.05, 0) is 42.9 Å². The van der Waals surface area contributed by atoms with Crippen LogP contribution >= 0.6 is 0 Å². The molecule has 0 aliphatic heterocycles. The van der Waals surface area contributed by atoms with E-state index in [0.717, 1.165) is 0 Å². The number of rotatable bonds is 3. The highest BCUT2D eigenvalue weighted by molar-refractivity contribution is 5.36. The summed E-state index contributed by atoms with van der Waals surface area (Å²) in [6, 6.07) is 6.56. The molecular formula is C13H19. The van der Waals surface area contributed by atoms with Gasteiger partial charge < -0.3 is 0 Å². The van der Waals surface area contributed by atoms with Crippen molar-refractivity contribution in [3.8, 4) is 0 Å². The molecule has 0 saturated heterocycles. The molecule has 71 valence electrons. The van der Waals surface area contributed by atoms with Gasteiger partial charge in [-0.1, -0.05) is 38.5 Å². The predicted molar refractivity (Wildman–Crippen MR) is 58.9 cm³/mol. The summed E-state index contributed by atoms with van der Waals surface area (Å²) in [5.74, 6) is 0.400. The Balaban J connectivity index is 3.03. The van der Waals surface area contributed by atoms with Crippen LogP contribution in [0.5, 0.6) is 0 Å². The van der Waals surface area contributed by atoms with Gasteiger partial charge in [0.25, 0.3) is 0 Å². The van der Waals surface area contributed by atoms with Crippen LogP contribution in [0.2, 0.25) is 0 Å². The van der Waals surface area contributed by atoms with E-state index < -0.39 is 0 Å². The lowest BCUT2D eigenvalue weighted by Crippen LogP contribution is -1.97. The standard InChI is InChI=1S/C13H19/c1-5-7-12-8-6-9-13(10(2)3)11(12)4/h6,8-10H,2,5,7H2,1,3-4H3. The van der Waals surface area contributed by atoms with Crippen molar-refractivity contribution in [1.29, 1.82) is 0 Å². The first-order chi connectivity index (χ1) is 6.16. The van der Waals surface area contributed by atoms with Gasteiger partial charge in [0.2, 0.25) is 0 Å². The molecule has 13 heavy (non-hydrogen) atoms. The Morgan fingerprint density at radius 1 is 1.38 bits per heavy atom. The average molecular weight is 175 g/mol. The lowest BCUT2D eigenvalue weighted by atomic mass is 9.93. The molecule has 0 aromatic heterocycles. The molecule has 0 heteroatoms. The van der Waals surface area contributed by atoms with Crippen molar-refractivity contribution < 1.29 is 0 Å². The largest absolute Gasteiger partial charge is 0.0651 e. The Hall–Kier alpha value is -0.780. The summed E-state index contributed by atoms with van der Waals surface area (Å²) in [5, 5.41) is 0. The van der Waals surface area contributed by atoms with E-state index in [2.05, 4.69) is 45.9 Å². The maximum atomic E-state index is 4.07. The lowest BCUT2D eigenvalue weighted by Gasteiger charge is -2.13. The average Bonchev–Trinajstić information content (AvgIpc) is 2.08. The van der Waals surface area contributed by atoms with E-state index >= 15 is 0 Å². The fraction of sp³-hybridized carbons (Fsp3) is 0.462. The van der Waals surface area contributed by atoms with Crippen LogP contribution in [-0.4, -0.2) is 0 Å². The van der Waals surface area contributed by atoms with Gasteiger partial charge in [0, 0.05) is 0 Å². The van der Waals surface area contributed by atoms with E-state index in [0.29, 0.717) is 5.92 Å². The SMILES string of the molecule is [CH2]C(C)c1cccc(CCC)c1C. The van der Waals surface area contributed by atoms with Gasteiger partial charge in [0.05, 0.1) is 0 Å². The minimum absolute atomic E-state index is 0.400. The first-order valence-corrected chi connectivity index (χ1v) is 5.08. The van der Waals surface area contributed by atoms with Crippen LogP contribution in [0.4, 0.5) is 0 Å². The molecule has 1 aromatic rings. The maximum absolute atomic E-state index is 4.07. The predicted octanol–water partition coefficient (Wildman–Crippen LogP) is 3.89. The highest BCUT2D eigenvalue weighted by Crippen LogP contribution is 2.22. The molecular weight excluding hydrogens is 156 g/mol. The van der Waals surface area contributed by atoms with E-state index in [1.165, 1.54) is 29.5 Å². The molecule has 1 radical (unpaired) electrons. The molecule has 1 atom stereocenters. The molecule has 0 N–H and O–H groups in total. The number of aryl methyl sites for hydroxylation is 1. The molecule has 1 unspecified atom stereocenters. The van der Waals surface area contributed by atoms with Gasteiger partial charge in [0.1, 0.15) is 0 Å². The fourth-order valence-electron chi connectivity index (χ4n) is 1.78. The smallest absolute Gasteiger partial charge is 0.0187 e. The van der Waals surface area contributed by atoms with E-state index in [1.54, 1.807) is 0 Å². The molecule has 0 bridgehead atoms. The Bertz CT molecular complexity index is 271. The molecule has 0 aliphatic rings. The van der Waals surface area contributed by atoms with E-state index in [-0.39, 0.29) is 0 Å². The van der Waals surface area contributed by atoms with Crippen molar-refractivity contribution >= 4 is 0 Å². The van der Waals surface area contributed by atoms with E-state index in [4.69, 9.17) is 0 Å². The zero-order valence-corrected chi connectivity index (χ0v) is 8.93. The summed E-state index contributed by atoms with van der Waals surface area (Å²) < 4.78 is 0. The van der Waals surface area contributed by atoms with Crippen LogP contribution in [0.3, 0.4) is 0 Å². The highest BCUT2D eigenvalue weighted by Gasteiger charge is 2.05. The third kappa shape index (κ3) is 2.33. The van der Waals surface area contributed by atoms with Crippen LogP contribution < -0.4 is 0 Å². The van der Waals surface area contributed by atoms with Crippen molar-refractivity contribution in [1.82, 2.24) is 0 Å². The number of hydrogen-bond acceptors (Lipinski definition) is 0. The van der Waals surface area contributed by atoms with E-state index in [1.807, 2.05) is 0 Å². The summed E-state index contributed by atoms with van der Waals surface area (Å²) in [7, 11) is 0. The zero-order valence-electron chi connectivity index (χ0n) is 8.93. The second kappa shape index (κ2) is 4.45. The van der Waals surface area contributed by atoms with Crippen LogP contribution in [0, 0.1) is 13.8 Å². The third-order valence-corrected chi connectivity index (χ3v) is 2.54. The monoisotopic (exact) mass is 175 g/mol. The van der Waals surface area contributed by atoms with Crippen LogP contribution in [-0.2, 0) is 6.42 Å². The second-order valence-corrected chi connectivity index (χ2v) is 3.78. The Kier molecular flexibility index (Phi) is 3.53. The molecule has 0 amide bonds. The Morgan fingerprint density at radius 3 is 2.62 bits per heavy atom. The topological polar surface area (TPSA) is 0 Å². The number of hydrogen-bond donors (Lipinski definition) is 0. The van der Waals surface area contributed by atoms with Crippen molar-refractivity contribution in [3.63, 3.8) is 0 Å². The maximum Gasteiger partial charge on any atom is -0.0187 e. The van der Waals surface area contributed by atoms with Crippen LogP contribution in [0.1, 0.15) is 42.9 Å². The van der Waals surface area contributed by atoms with Crippen molar-refractivity contribution in [2.45, 2.75) is 39.5 Å². The van der Waals surface area contributed by atoms with Gasteiger partial charge in [-0.3, -0.25) is 0 Å². The highest BCUT2D eigenvalue weighted by atomic mass is 14.1. The summed E-state index contributed by atoms with van der Waals surface area (Å²) >= 11 is 0. The fourth-order valence-corrected chi connectivity index (χ4v) is 1.78. The molecule has 0 spiro atoms. The van der Waals surface area contributed by atoms with Gasteiger partial charge in [0.15, 0.2) is 0 Å². The first kappa shape index (κ1) is 10.3. The second-order valence-electron chi connectivity index (χ2n) is 3.78. The number of benzene rings is 1. The summed E-state index contributed by atoms with van der Waals surface area (Å²) in [6.07, 6.45) is 2.40. The van der Waals surface area contributed by atoms with Crippen LogP contribution in [0.25, 0.3) is 0 Å². The summed E-state index contributed by atoms with van der Waals surface area (Å²) in [6.45, 7) is 10.7. The third-order valence-electron chi connectivity index (χ3n) is 2.54. The van der Waals surface area contributed by atoms with Gasteiger partial charge in [-0.2, -0.15) is 0 Å². The van der Waals surface area contributed by atoms with Crippen molar-refractivity contribution in [3.05, 3.63) is 41.8 Å². The molecule has 0 saturated carbocycles. The van der Waals surface area contributed by atoms with Gasteiger partial charge in [-0.25, -0.2) is 0 Å². The van der Waals surface area contributed by atoms with Crippen molar-refractivity contribution in [2.24, 2.45) is 0 Å². The zero-order chi connectivity index (χ0) is 9.84.